The first kappa shape index (κ1) is 23.7. The molecule has 0 unspecified atom stereocenters. The summed E-state index contributed by atoms with van der Waals surface area (Å²) < 4.78 is 9.86. The Morgan fingerprint density at radius 1 is 1.00 bits per heavy atom. The highest BCUT2D eigenvalue weighted by Gasteiger charge is 2.19. The predicted molar refractivity (Wildman–Crippen MR) is 95.3 cm³/mol. The average Bonchev–Trinajstić information content (AvgIpc) is 2.40. The number of hydrogen-bond donors (Lipinski definition) is 2. The Kier molecular flexibility index (Phi) is 9.09. The lowest BCUT2D eigenvalue weighted by Crippen LogP contribution is -2.46. The Labute approximate surface area is 154 Å². The lowest BCUT2D eigenvalue weighted by Gasteiger charge is -2.23. The third kappa shape index (κ3) is 13.0. The Balaban J connectivity index is 4.06. The molecule has 0 aliphatic carbocycles. The van der Waals surface area contributed by atoms with Crippen LogP contribution < -0.4 is 10.6 Å². The molecule has 0 aliphatic rings. The molecule has 0 bridgehead atoms. The highest BCUT2D eigenvalue weighted by Crippen LogP contribution is 2.06. The summed E-state index contributed by atoms with van der Waals surface area (Å²) in [7, 11) is 1.45. The van der Waals surface area contributed by atoms with Gasteiger partial charge in [0.25, 0.3) is 5.91 Å². The molecule has 0 aromatic heterocycles. The average molecular weight is 373 g/mol. The van der Waals surface area contributed by atoms with Crippen LogP contribution in [0.2, 0.25) is 0 Å². The number of alkyl carbamates (subject to hydrolysis) is 1. The zero-order valence-corrected chi connectivity index (χ0v) is 16.7. The van der Waals surface area contributed by atoms with Gasteiger partial charge in [0.15, 0.2) is 6.61 Å². The van der Waals surface area contributed by atoms with Gasteiger partial charge in [-0.05, 0) is 41.5 Å². The Bertz CT molecular complexity index is 520. The van der Waals surface area contributed by atoms with Crippen molar-refractivity contribution in [2.24, 2.45) is 0 Å². The summed E-state index contributed by atoms with van der Waals surface area (Å²) in [5.41, 5.74) is -1.02. The number of rotatable bonds is 7. The van der Waals surface area contributed by atoms with Crippen molar-refractivity contribution >= 4 is 23.9 Å². The molecule has 9 heteroatoms. The number of amides is 3. The smallest absolute Gasteiger partial charge is 0.407 e. The van der Waals surface area contributed by atoms with Gasteiger partial charge in [-0.1, -0.05) is 0 Å². The van der Waals surface area contributed by atoms with E-state index in [4.69, 9.17) is 9.47 Å². The summed E-state index contributed by atoms with van der Waals surface area (Å²) in [6.07, 6.45) is -0.730. The van der Waals surface area contributed by atoms with Gasteiger partial charge in [0.1, 0.15) is 5.60 Å². The van der Waals surface area contributed by atoms with Gasteiger partial charge in [-0.3, -0.25) is 14.4 Å². The highest BCUT2D eigenvalue weighted by atomic mass is 16.6. The predicted octanol–water partition coefficient (Wildman–Crippen LogP) is 0.818. The molecule has 0 spiro atoms. The van der Waals surface area contributed by atoms with Crippen LogP contribution in [-0.2, 0) is 23.9 Å². The van der Waals surface area contributed by atoms with E-state index >= 15 is 0 Å². The molecule has 0 rings (SSSR count). The number of nitrogens with one attached hydrogen (secondary N) is 2. The largest absolute Gasteiger partial charge is 0.456 e. The van der Waals surface area contributed by atoms with Gasteiger partial charge < -0.3 is 25.0 Å². The minimum absolute atomic E-state index is 0.0335. The van der Waals surface area contributed by atoms with Crippen LogP contribution in [0.5, 0.6) is 0 Å². The molecule has 0 atom stereocenters. The van der Waals surface area contributed by atoms with E-state index in [9.17, 15) is 19.2 Å². The van der Waals surface area contributed by atoms with Crippen molar-refractivity contribution in [1.29, 1.82) is 0 Å². The number of likely N-dealkylation sites (N-methyl/N-ethyl adjacent to an activating group) is 1. The molecule has 0 heterocycles. The van der Waals surface area contributed by atoms with E-state index in [2.05, 4.69) is 10.6 Å². The van der Waals surface area contributed by atoms with Crippen molar-refractivity contribution in [3.05, 3.63) is 0 Å². The molecule has 2 N–H and O–H groups in total. The first-order valence-electron chi connectivity index (χ1n) is 8.37. The summed E-state index contributed by atoms with van der Waals surface area (Å²) in [5, 5.41) is 5.15. The third-order valence-electron chi connectivity index (χ3n) is 2.67. The Morgan fingerprint density at radius 2 is 1.58 bits per heavy atom. The van der Waals surface area contributed by atoms with Gasteiger partial charge in [0, 0.05) is 19.1 Å². The summed E-state index contributed by atoms with van der Waals surface area (Å²) in [6.45, 7) is 10.1. The lowest BCUT2D eigenvalue weighted by atomic mass is 10.1. The second kappa shape index (κ2) is 9.98. The first-order valence-corrected chi connectivity index (χ1v) is 8.37. The van der Waals surface area contributed by atoms with E-state index in [-0.39, 0.29) is 25.4 Å². The number of nitrogens with zero attached hydrogens (tertiary/aromatic N) is 1. The van der Waals surface area contributed by atoms with Crippen molar-refractivity contribution in [2.75, 3.05) is 26.7 Å². The molecule has 0 radical (unpaired) electrons. The SMILES string of the molecule is CN(CC(=O)NC(C)(C)C)C(=O)COC(=O)CCNC(=O)OC(C)(C)C. The van der Waals surface area contributed by atoms with Crippen LogP contribution in [0.3, 0.4) is 0 Å². The maximum Gasteiger partial charge on any atom is 0.407 e. The molecule has 9 nitrogen and oxygen atoms in total. The maximum absolute atomic E-state index is 11.9. The summed E-state index contributed by atoms with van der Waals surface area (Å²) in [6, 6.07) is 0. The standard InChI is InChI=1S/C17H31N3O6/c1-16(2,3)19-12(21)10-20(7)13(22)11-25-14(23)8-9-18-15(24)26-17(4,5)6/h8-11H2,1-7H3,(H,18,24)(H,19,21). The van der Waals surface area contributed by atoms with Crippen LogP contribution in [0, 0.1) is 0 Å². The number of hydrogen-bond acceptors (Lipinski definition) is 6. The highest BCUT2D eigenvalue weighted by molar-refractivity contribution is 5.86. The number of carbonyl (C=O) groups excluding carboxylic acids is 4. The van der Waals surface area contributed by atoms with Gasteiger partial charge in [0.05, 0.1) is 13.0 Å². The lowest BCUT2D eigenvalue weighted by molar-refractivity contribution is -0.151. The molecular formula is C17H31N3O6. The summed E-state index contributed by atoms with van der Waals surface area (Å²) in [4.78, 5) is 47.8. The van der Waals surface area contributed by atoms with Crippen molar-refractivity contribution in [3.63, 3.8) is 0 Å². The normalized spacial score (nSPS) is 11.3. The fourth-order valence-electron chi connectivity index (χ4n) is 1.67. The number of carbonyl (C=O) groups is 4. The molecule has 0 aliphatic heterocycles. The summed E-state index contributed by atoms with van der Waals surface area (Å²) >= 11 is 0. The van der Waals surface area contributed by atoms with Gasteiger partial charge in [-0.15, -0.1) is 0 Å². The van der Waals surface area contributed by atoms with Crippen LogP contribution in [0.15, 0.2) is 0 Å². The molecule has 150 valence electrons. The number of esters is 1. The van der Waals surface area contributed by atoms with Crippen LogP contribution in [0.25, 0.3) is 0 Å². The van der Waals surface area contributed by atoms with E-state index in [1.54, 1.807) is 20.8 Å². The van der Waals surface area contributed by atoms with E-state index in [1.165, 1.54) is 11.9 Å². The first-order chi connectivity index (χ1) is 11.7. The van der Waals surface area contributed by atoms with Crippen molar-refractivity contribution in [3.8, 4) is 0 Å². The van der Waals surface area contributed by atoms with Crippen LogP contribution in [0.4, 0.5) is 4.79 Å². The van der Waals surface area contributed by atoms with E-state index in [0.29, 0.717) is 0 Å². The second-order valence-electron chi connectivity index (χ2n) is 7.89. The Morgan fingerprint density at radius 3 is 2.08 bits per heavy atom. The fraction of sp³-hybridized carbons (Fsp3) is 0.765. The molecule has 0 aromatic rings. The van der Waals surface area contributed by atoms with Crippen LogP contribution >= 0.6 is 0 Å². The molecular weight excluding hydrogens is 342 g/mol. The van der Waals surface area contributed by atoms with E-state index < -0.39 is 35.7 Å². The zero-order chi connectivity index (χ0) is 20.5. The number of ether oxygens (including phenoxy) is 2. The molecule has 0 aromatic carbocycles. The van der Waals surface area contributed by atoms with E-state index in [0.717, 1.165) is 0 Å². The quantitative estimate of drug-likeness (QED) is 0.639. The second-order valence-corrected chi connectivity index (χ2v) is 7.89. The molecule has 0 fully saturated rings. The van der Waals surface area contributed by atoms with Gasteiger partial charge in [0.2, 0.25) is 5.91 Å². The van der Waals surface area contributed by atoms with Gasteiger partial charge in [-0.2, -0.15) is 0 Å². The third-order valence-corrected chi connectivity index (χ3v) is 2.67. The molecule has 26 heavy (non-hydrogen) atoms. The zero-order valence-electron chi connectivity index (χ0n) is 16.7. The Hall–Kier alpha value is -2.32. The van der Waals surface area contributed by atoms with Gasteiger partial charge in [-0.25, -0.2) is 4.79 Å². The van der Waals surface area contributed by atoms with E-state index in [1.807, 2.05) is 20.8 Å². The van der Waals surface area contributed by atoms with Gasteiger partial charge >= 0.3 is 12.1 Å². The minimum atomic E-state index is -0.637. The molecule has 3 amide bonds. The van der Waals surface area contributed by atoms with Crippen LogP contribution in [-0.4, -0.2) is 66.7 Å². The molecule has 0 saturated heterocycles. The van der Waals surface area contributed by atoms with Crippen molar-refractivity contribution < 1.29 is 28.7 Å². The van der Waals surface area contributed by atoms with Crippen LogP contribution in [0.1, 0.15) is 48.0 Å². The maximum atomic E-state index is 11.9. The summed E-state index contributed by atoms with van der Waals surface area (Å²) in [5.74, 6) is -1.44. The fourth-order valence-corrected chi connectivity index (χ4v) is 1.67. The monoisotopic (exact) mass is 373 g/mol. The molecule has 0 saturated carbocycles. The van der Waals surface area contributed by atoms with Crippen molar-refractivity contribution in [2.45, 2.75) is 59.1 Å². The minimum Gasteiger partial charge on any atom is -0.456 e. The topological polar surface area (TPSA) is 114 Å². The van der Waals surface area contributed by atoms with Crippen molar-refractivity contribution in [1.82, 2.24) is 15.5 Å².